The molecule has 4 heteroatoms. The van der Waals surface area contributed by atoms with Gasteiger partial charge in [-0.2, -0.15) is 0 Å². The van der Waals surface area contributed by atoms with Crippen LogP contribution in [0.1, 0.15) is 35.0 Å². The van der Waals surface area contributed by atoms with E-state index >= 15 is 0 Å². The largest absolute Gasteiger partial charge is 0.422 e. The van der Waals surface area contributed by atoms with Crippen LogP contribution in [0, 0.1) is 0 Å². The molecular weight excluding hydrogens is 316 g/mol. The average molecular weight is 331 g/mol. The van der Waals surface area contributed by atoms with Gasteiger partial charge in [0.25, 0.3) is 0 Å². The summed E-state index contributed by atoms with van der Waals surface area (Å²) >= 11 is 7.65. The van der Waals surface area contributed by atoms with Crippen LogP contribution in [0.4, 0.5) is 0 Å². The van der Waals surface area contributed by atoms with Gasteiger partial charge in [-0.3, -0.25) is 0 Å². The normalized spacial score (nSPS) is 11.1. The molecule has 3 aromatic rings. The Morgan fingerprint density at radius 2 is 1.77 bits per heavy atom. The Morgan fingerprint density at radius 1 is 1.09 bits per heavy atom. The molecule has 0 bridgehead atoms. The van der Waals surface area contributed by atoms with E-state index < -0.39 is 5.97 Å². The quantitative estimate of drug-likeness (QED) is 0.441. The topological polar surface area (TPSA) is 26.3 Å². The summed E-state index contributed by atoms with van der Waals surface area (Å²) in [4.78, 5) is 12.8. The number of hydrogen-bond acceptors (Lipinski definition) is 3. The van der Waals surface area contributed by atoms with Crippen LogP contribution >= 0.6 is 22.9 Å². The van der Waals surface area contributed by atoms with E-state index in [1.807, 2.05) is 48.5 Å². The number of carbonyl (C=O) groups excluding carboxylic acids is 1. The van der Waals surface area contributed by atoms with Gasteiger partial charge in [0.05, 0.1) is 5.02 Å². The van der Waals surface area contributed by atoms with Gasteiger partial charge in [-0.05, 0) is 29.7 Å². The molecule has 0 aliphatic carbocycles. The molecule has 1 aromatic heterocycles. The fourth-order valence-electron chi connectivity index (χ4n) is 2.22. The molecule has 0 aliphatic rings. The monoisotopic (exact) mass is 330 g/mol. The first-order valence-corrected chi connectivity index (χ1v) is 8.25. The third-order valence-corrected chi connectivity index (χ3v) is 5.13. The van der Waals surface area contributed by atoms with E-state index in [1.54, 1.807) is 0 Å². The summed E-state index contributed by atoms with van der Waals surface area (Å²) in [6.07, 6.45) is 0. The highest BCUT2D eigenvalue weighted by molar-refractivity contribution is 7.21. The molecule has 0 amide bonds. The van der Waals surface area contributed by atoms with Crippen LogP contribution in [0.5, 0.6) is 5.75 Å². The molecule has 22 heavy (non-hydrogen) atoms. The number of benzene rings is 2. The van der Waals surface area contributed by atoms with Crippen LogP contribution in [0.15, 0.2) is 48.5 Å². The minimum atomic E-state index is -0.413. The first kappa shape index (κ1) is 15.1. The molecule has 2 nitrogen and oxygen atoms in total. The maximum Gasteiger partial charge on any atom is 0.355 e. The number of carbonyl (C=O) groups is 1. The lowest BCUT2D eigenvalue weighted by molar-refractivity contribution is 0.0740. The van der Waals surface area contributed by atoms with Crippen molar-refractivity contribution in [1.29, 1.82) is 0 Å². The van der Waals surface area contributed by atoms with Gasteiger partial charge in [-0.15, -0.1) is 11.3 Å². The molecule has 0 N–H and O–H groups in total. The first-order valence-electron chi connectivity index (χ1n) is 7.05. The van der Waals surface area contributed by atoms with E-state index in [0.29, 0.717) is 21.6 Å². The Bertz CT molecular complexity index is 819. The van der Waals surface area contributed by atoms with E-state index in [-0.39, 0.29) is 0 Å². The van der Waals surface area contributed by atoms with Crippen LogP contribution in [0.2, 0.25) is 5.02 Å². The zero-order valence-electron chi connectivity index (χ0n) is 12.3. The van der Waals surface area contributed by atoms with Crippen LogP contribution in [-0.4, -0.2) is 5.97 Å². The van der Waals surface area contributed by atoms with Crippen LogP contribution in [0.25, 0.3) is 10.1 Å². The lowest BCUT2D eigenvalue weighted by Crippen LogP contribution is -2.07. The molecule has 0 atom stereocenters. The van der Waals surface area contributed by atoms with Crippen molar-refractivity contribution < 1.29 is 9.53 Å². The van der Waals surface area contributed by atoms with Gasteiger partial charge in [-0.1, -0.05) is 55.8 Å². The van der Waals surface area contributed by atoms with Crippen molar-refractivity contribution in [3.8, 4) is 5.75 Å². The molecule has 1 heterocycles. The highest BCUT2D eigenvalue weighted by Gasteiger charge is 2.18. The molecule has 0 spiro atoms. The fourth-order valence-corrected chi connectivity index (χ4v) is 3.60. The van der Waals surface area contributed by atoms with Crippen molar-refractivity contribution in [3.63, 3.8) is 0 Å². The Hall–Kier alpha value is -1.84. The van der Waals surface area contributed by atoms with Crippen molar-refractivity contribution in [1.82, 2.24) is 0 Å². The van der Waals surface area contributed by atoms with Gasteiger partial charge in [0, 0.05) is 10.1 Å². The van der Waals surface area contributed by atoms with Crippen molar-refractivity contribution in [2.45, 2.75) is 19.8 Å². The minimum absolute atomic E-state index is 0.413. The van der Waals surface area contributed by atoms with Crippen molar-refractivity contribution >= 4 is 39.0 Å². The number of rotatable bonds is 3. The molecule has 0 saturated heterocycles. The lowest BCUT2D eigenvalue weighted by atomic mass is 10.0. The summed E-state index contributed by atoms with van der Waals surface area (Å²) in [7, 11) is 0. The number of thiophene rings is 1. The zero-order chi connectivity index (χ0) is 15.7. The second-order valence-corrected chi connectivity index (χ2v) is 6.78. The van der Waals surface area contributed by atoms with E-state index in [0.717, 1.165) is 10.1 Å². The molecule has 0 saturated carbocycles. The van der Waals surface area contributed by atoms with Crippen molar-refractivity contribution in [2.75, 3.05) is 0 Å². The van der Waals surface area contributed by atoms with Crippen LogP contribution in [0.3, 0.4) is 0 Å². The van der Waals surface area contributed by atoms with Gasteiger partial charge in [-0.25, -0.2) is 4.79 Å². The summed E-state index contributed by atoms with van der Waals surface area (Å²) < 4.78 is 6.41. The maximum atomic E-state index is 12.3. The zero-order valence-corrected chi connectivity index (χ0v) is 13.9. The van der Waals surface area contributed by atoms with E-state index in [2.05, 4.69) is 13.8 Å². The van der Waals surface area contributed by atoms with Crippen LogP contribution in [-0.2, 0) is 0 Å². The Balaban J connectivity index is 1.85. The standard InChI is InChI=1S/C18H15ClO2S/c1-11(2)12-7-9-13(10-8-12)21-18(20)17-16(19)14-5-3-4-6-15(14)22-17/h3-11H,1-2H3. The number of esters is 1. The predicted octanol–water partition coefficient (Wildman–Crippen LogP) is 5.90. The molecule has 0 fully saturated rings. The minimum Gasteiger partial charge on any atom is -0.422 e. The first-order chi connectivity index (χ1) is 10.6. The molecule has 0 aliphatic heterocycles. The fraction of sp³-hybridized carbons (Fsp3) is 0.167. The van der Waals surface area contributed by atoms with Gasteiger partial charge < -0.3 is 4.74 Å². The number of hydrogen-bond donors (Lipinski definition) is 0. The summed E-state index contributed by atoms with van der Waals surface area (Å²) in [6, 6.07) is 15.3. The Kier molecular flexibility index (Phi) is 4.19. The maximum absolute atomic E-state index is 12.3. The van der Waals surface area contributed by atoms with Crippen molar-refractivity contribution in [3.05, 3.63) is 64.0 Å². The second kappa shape index (κ2) is 6.11. The van der Waals surface area contributed by atoms with Crippen molar-refractivity contribution in [2.24, 2.45) is 0 Å². The smallest absolute Gasteiger partial charge is 0.355 e. The van der Waals surface area contributed by atoms with Crippen LogP contribution < -0.4 is 4.74 Å². The van der Waals surface area contributed by atoms with E-state index in [1.165, 1.54) is 16.9 Å². The molecule has 2 aromatic carbocycles. The number of ether oxygens (including phenoxy) is 1. The summed E-state index contributed by atoms with van der Waals surface area (Å²) in [6.45, 7) is 4.25. The predicted molar refractivity (Wildman–Crippen MR) is 92.3 cm³/mol. The Labute approximate surface area is 138 Å². The average Bonchev–Trinajstić information content (AvgIpc) is 2.85. The highest BCUT2D eigenvalue weighted by atomic mass is 35.5. The molecular formula is C18H15ClO2S. The lowest BCUT2D eigenvalue weighted by Gasteiger charge is -2.07. The Morgan fingerprint density at radius 3 is 2.41 bits per heavy atom. The molecule has 112 valence electrons. The second-order valence-electron chi connectivity index (χ2n) is 5.35. The molecule has 0 radical (unpaired) electrons. The summed E-state index contributed by atoms with van der Waals surface area (Å²) in [5.74, 6) is 0.563. The molecule has 3 rings (SSSR count). The third kappa shape index (κ3) is 2.87. The van der Waals surface area contributed by atoms with Gasteiger partial charge in [0.1, 0.15) is 10.6 Å². The van der Waals surface area contributed by atoms with Gasteiger partial charge >= 0.3 is 5.97 Å². The van der Waals surface area contributed by atoms with Gasteiger partial charge in [0.2, 0.25) is 0 Å². The number of fused-ring (bicyclic) bond motifs is 1. The molecule has 0 unspecified atom stereocenters. The number of halogens is 1. The summed E-state index contributed by atoms with van der Waals surface area (Å²) in [5, 5.41) is 1.35. The third-order valence-electron chi connectivity index (χ3n) is 3.48. The van der Waals surface area contributed by atoms with Gasteiger partial charge in [0.15, 0.2) is 0 Å². The summed E-state index contributed by atoms with van der Waals surface area (Å²) in [5.41, 5.74) is 1.21. The SMILES string of the molecule is CC(C)c1ccc(OC(=O)c2sc3ccccc3c2Cl)cc1. The van der Waals surface area contributed by atoms with E-state index in [4.69, 9.17) is 16.3 Å². The highest BCUT2D eigenvalue weighted by Crippen LogP contribution is 2.35. The van der Waals surface area contributed by atoms with E-state index in [9.17, 15) is 4.79 Å².